The van der Waals surface area contributed by atoms with E-state index in [9.17, 15) is 15.0 Å². The molecule has 0 radical (unpaired) electrons. The monoisotopic (exact) mass is 297 g/mol. The van der Waals surface area contributed by atoms with Gasteiger partial charge in [0.1, 0.15) is 0 Å². The van der Waals surface area contributed by atoms with E-state index in [1.54, 1.807) is 32.2 Å². The molecule has 1 amide bonds. The Hall–Kier alpha value is -1.79. The quantitative estimate of drug-likeness (QED) is 0.650. The molecular weight excluding hydrogens is 274 g/mol. The van der Waals surface area contributed by atoms with E-state index in [4.69, 9.17) is 9.47 Å². The van der Waals surface area contributed by atoms with Crippen molar-refractivity contribution in [1.29, 1.82) is 0 Å². The zero-order chi connectivity index (χ0) is 15.9. The van der Waals surface area contributed by atoms with E-state index in [0.29, 0.717) is 17.9 Å². The van der Waals surface area contributed by atoms with Crippen LogP contribution in [-0.4, -0.2) is 49.1 Å². The second-order valence-electron chi connectivity index (χ2n) is 4.86. The average Bonchev–Trinajstić information content (AvgIpc) is 2.52. The Kier molecular flexibility index (Phi) is 6.45. The predicted molar refractivity (Wildman–Crippen MR) is 78.6 cm³/mol. The van der Waals surface area contributed by atoms with Gasteiger partial charge in [-0.15, -0.1) is 0 Å². The number of hydrogen-bond acceptors (Lipinski definition) is 5. The van der Waals surface area contributed by atoms with Crippen molar-refractivity contribution < 1.29 is 24.5 Å². The van der Waals surface area contributed by atoms with E-state index in [-0.39, 0.29) is 25.5 Å². The summed E-state index contributed by atoms with van der Waals surface area (Å²) < 4.78 is 10.3. The van der Waals surface area contributed by atoms with Crippen LogP contribution < -0.4 is 14.8 Å². The molecule has 0 saturated carbocycles. The number of ether oxygens (including phenoxy) is 2. The molecule has 6 nitrogen and oxygen atoms in total. The molecule has 0 heterocycles. The third-order valence-electron chi connectivity index (χ3n) is 3.50. The van der Waals surface area contributed by atoms with E-state index in [1.807, 2.05) is 0 Å². The first-order valence-corrected chi connectivity index (χ1v) is 6.77. The zero-order valence-electron chi connectivity index (χ0n) is 12.7. The number of hydrogen-bond donors (Lipinski definition) is 3. The Morgan fingerprint density at radius 1 is 1.19 bits per heavy atom. The van der Waals surface area contributed by atoms with Crippen molar-refractivity contribution in [1.82, 2.24) is 5.32 Å². The molecule has 0 aromatic heterocycles. The largest absolute Gasteiger partial charge is 0.493 e. The molecule has 0 bridgehead atoms. The van der Waals surface area contributed by atoms with E-state index >= 15 is 0 Å². The van der Waals surface area contributed by atoms with Crippen LogP contribution in [0.1, 0.15) is 18.9 Å². The molecule has 1 aromatic rings. The number of methoxy groups -OCH3 is 2. The molecule has 118 valence electrons. The van der Waals surface area contributed by atoms with Crippen molar-refractivity contribution in [3.63, 3.8) is 0 Å². The third-order valence-corrected chi connectivity index (χ3v) is 3.50. The van der Waals surface area contributed by atoms with Crippen LogP contribution in [0.2, 0.25) is 0 Å². The fourth-order valence-corrected chi connectivity index (χ4v) is 1.96. The maximum Gasteiger partial charge on any atom is 0.225 e. The van der Waals surface area contributed by atoms with Gasteiger partial charge >= 0.3 is 0 Å². The minimum Gasteiger partial charge on any atom is -0.493 e. The molecule has 6 heteroatoms. The number of carbonyl (C=O) groups excluding carboxylic acids is 1. The van der Waals surface area contributed by atoms with Crippen LogP contribution in [0, 0.1) is 0 Å². The van der Waals surface area contributed by atoms with Crippen molar-refractivity contribution in [2.45, 2.75) is 25.3 Å². The van der Waals surface area contributed by atoms with Crippen LogP contribution in [0.4, 0.5) is 0 Å². The normalized spacial score (nSPS) is 11.1. The maximum atomic E-state index is 12.1. The van der Waals surface area contributed by atoms with Crippen LogP contribution in [0.25, 0.3) is 0 Å². The number of aliphatic hydroxyl groups is 2. The molecule has 0 aliphatic rings. The Balaban J connectivity index is 2.79. The van der Waals surface area contributed by atoms with Gasteiger partial charge in [-0.1, -0.05) is 13.0 Å². The summed E-state index contributed by atoms with van der Waals surface area (Å²) in [6.45, 7) is 1.18. The molecule has 0 fully saturated rings. The van der Waals surface area contributed by atoms with Gasteiger partial charge in [-0.2, -0.15) is 0 Å². The first-order chi connectivity index (χ1) is 10.0. The van der Waals surface area contributed by atoms with Gasteiger partial charge in [-0.05, 0) is 24.1 Å². The summed E-state index contributed by atoms with van der Waals surface area (Å²) in [4.78, 5) is 12.1. The van der Waals surface area contributed by atoms with E-state index in [0.717, 1.165) is 5.56 Å². The van der Waals surface area contributed by atoms with Gasteiger partial charge < -0.3 is 25.0 Å². The molecule has 0 atom stereocenters. The highest BCUT2D eigenvalue weighted by atomic mass is 16.5. The Bertz CT molecular complexity index is 463. The van der Waals surface area contributed by atoms with E-state index in [1.165, 1.54) is 7.11 Å². The molecule has 1 aromatic carbocycles. The topological polar surface area (TPSA) is 88.0 Å². The summed E-state index contributed by atoms with van der Waals surface area (Å²) in [7, 11) is 3.07. The number of rotatable bonds is 8. The number of nitrogens with one attached hydrogen (secondary N) is 1. The molecule has 0 aliphatic heterocycles. The minimum atomic E-state index is -0.979. The van der Waals surface area contributed by atoms with Gasteiger partial charge in [-0.25, -0.2) is 0 Å². The van der Waals surface area contributed by atoms with Gasteiger partial charge in [-0.3, -0.25) is 4.79 Å². The lowest BCUT2D eigenvalue weighted by molar-refractivity contribution is -0.123. The van der Waals surface area contributed by atoms with Crippen molar-refractivity contribution in [3.8, 4) is 11.5 Å². The first-order valence-electron chi connectivity index (χ1n) is 6.77. The maximum absolute atomic E-state index is 12.1. The van der Waals surface area contributed by atoms with Crippen LogP contribution >= 0.6 is 0 Å². The number of benzene rings is 1. The summed E-state index contributed by atoms with van der Waals surface area (Å²) in [6.07, 6.45) is 0.569. The minimum absolute atomic E-state index is 0.127. The molecular formula is C15H23NO5. The van der Waals surface area contributed by atoms with Gasteiger partial charge in [0.05, 0.1) is 39.4 Å². The van der Waals surface area contributed by atoms with Crippen molar-refractivity contribution in [3.05, 3.63) is 23.8 Å². The lowest BCUT2D eigenvalue weighted by Gasteiger charge is -2.29. The van der Waals surface area contributed by atoms with Crippen molar-refractivity contribution in [2.24, 2.45) is 0 Å². The average molecular weight is 297 g/mol. The van der Waals surface area contributed by atoms with Gasteiger partial charge in [0.2, 0.25) is 5.91 Å². The molecule has 21 heavy (non-hydrogen) atoms. The molecule has 0 spiro atoms. The van der Waals surface area contributed by atoms with Gasteiger partial charge in [0, 0.05) is 0 Å². The standard InChI is InChI=1S/C15H23NO5/c1-4-15(9-17,10-18)16-14(19)8-11-5-6-12(20-2)13(7-11)21-3/h5-7,17-18H,4,8-10H2,1-3H3,(H,16,19). The Labute approximate surface area is 124 Å². The summed E-state index contributed by atoms with van der Waals surface area (Å²) in [5.41, 5.74) is -0.223. The lowest BCUT2D eigenvalue weighted by Crippen LogP contribution is -2.54. The first kappa shape index (κ1) is 17.3. The Morgan fingerprint density at radius 2 is 1.81 bits per heavy atom. The van der Waals surface area contributed by atoms with Crippen molar-refractivity contribution >= 4 is 5.91 Å². The molecule has 0 unspecified atom stereocenters. The number of carbonyl (C=O) groups is 1. The zero-order valence-corrected chi connectivity index (χ0v) is 12.7. The van der Waals surface area contributed by atoms with Crippen LogP contribution in [0.3, 0.4) is 0 Å². The summed E-state index contributed by atoms with van der Waals surface area (Å²) in [5.74, 6) is 0.872. The fourth-order valence-electron chi connectivity index (χ4n) is 1.96. The molecule has 1 rings (SSSR count). The highest BCUT2D eigenvalue weighted by molar-refractivity contribution is 5.79. The highest BCUT2D eigenvalue weighted by Crippen LogP contribution is 2.27. The van der Waals surface area contributed by atoms with Crippen molar-refractivity contribution in [2.75, 3.05) is 27.4 Å². The van der Waals surface area contributed by atoms with Gasteiger partial charge in [0.25, 0.3) is 0 Å². The summed E-state index contributed by atoms with van der Waals surface area (Å²) in [6, 6.07) is 5.23. The molecule has 3 N–H and O–H groups in total. The van der Waals surface area contributed by atoms with Crippen LogP contribution in [0.5, 0.6) is 11.5 Å². The summed E-state index contributed by atoms with van der Waals surface area (Å²) in [5, 5.41) is 21.3. The number of amides is 1. The predicted octanol–water partition coefficient (Wildman–Crippen LogP) is 0.496. The third kappa shape index (κ3) is 4.34. The van der Waals surface area contributed by atoms with Crippen LogP contribution in [-0.2, 0) is 11.2 Å². The molecule has 0 saturated heterocycles. The smallest absolute Gasteiger partial charge is 0.225 e. The second kappa shape index (κ2) is 7.85. The number of aliphatic hydroxyl groups excluding tert-OH is 2. The molecule has 0 aliphatic carbocycles. The van der Waals surface area contributed by atoms with E-state index in [2.05, 4.69) is 5.32 Å². The lowest BCUT2D eigenvalue weighted by atomic mass is 9.98. The Morgan fingerprint density at radius 3 is 2.29 bits per heavy atom. The highest BCUT2D eigenvalue weighted by Gasteiger charge is 2.28. The second-order valence-corrected chi connectivity index (χ2v) is 4.86. The van der Waals surface area contributed by atoms with Gasteiger partial charge in [0.15, 0.2) is 11.5 Å². The fraction of sp³-hybridized carbons (Fsp3) is 0.533. The SMILES string of the molecule is CCC(CO)(CO)NC(=O)Cc1ccc(OC)c(OC)c1. The summed E-state index contributed by atoms with van der Waals surface area (Å²) >= 11 is 0. The van der Waals surface area contributed by atoms with E-state index < -0.39 is 5.54 Å². The van der Waals surface area contributed by atoms with Crippen LogP contribution in [0.15, 0.2) is 18.2 Å².